The summed E-state index contributed by atoms with van der Waals surface area (Å²) in [5, 5.41) is 3.21. The lowest BCUT2D eigenvalue weighted by molar-refractivity contribution is 0.000643. The Balaban J connectivity index is 2.63. The van der Waals surface area contributed by atoms with Crippen LogP contribution in [0.25, 0.3) is 0 Å². The number of thiocarbonyl (C=S) groups is 1. The Bertz CT molecular complexity index is 393. The van der Waals surface area contributed by atoms with E-state index in [4.69, 9.17) is 22.7 Å². The van der Waals surface area contributed by atoms with Crippen molar-refractivity contribution in [1.29, 1.82) is 0 Å². The van der Waals surface area contributed by atoms with Crippen molar-refractivity contribution in [1.82, 2.24) is 4.98 Å². The second kappa shape index (κ2) is 5.93. The van der Waals surface area contributed by atoms with E-state index in [0.717, 1.165) is 11.4 Å². The molecule has 0 aliphatic carbocycles. The molecule has 17 heavy (non-hydrogen) atoms. The molecule has 0 bridgehead atoms. The van der Waals surface area contributed by atoms with E-state index in [9.17, 15) is 0 Å². The molecular formula is C12H19N3OS. The van der Waals surface area contributed by atoms with E-state index in [1.807, 2.05) is 26.8 Å². The van der Waals surface area contributed by atoms with Crippen molar-refractivity contribution < 1.29 is 4.74 Å². The van der Waals surface area contributed by atoms with E-state index in [0.29, 0.717) is 18.1 Å². The van der Waals surface area contributed by atoms with Gasteiger partial charge in [0, 0.05) is 24.9 Å². The largest absolute Gasteiger partial charge is 0.389 e. The SMILES string of the molecule is CCOC(C)(C)CNc1cc(C(N)=S)ccn1. The molecule has 0 aliphatic rings. The van der Waals surface area contributed by atoms with Crippen molar-refractivity contribution in [2.75, 3.05) is 18.5 Å². The summed E-state index contributed by atoms with van der Waals surface area (Å²) in [4.78, 5) is 4.58. The number of hydrogen-bond acceptors (Lipinski definition) is 4. The van der Waals surface area contributed by atoms with Gasteiger partial charge in [-0.1, -0.05) is 12.2 Å². The van der Waals surface area contributed by atoms with Gasteiger partial charge in [0.25, 0.3) is 0 Å². The topological polar surface area (TPSA) is 60.2 Å². The quantitative estimate of drug-likeness (QED) is 0.759. The van der Waals surface area contributed by atoms with Gasteiger partial charge in [-0.25, -0.2) is 4.98 Å². The smallest absolute Gasteiger partial charge is 0.126 e. The minimum absolute atomic E-state index is 0.227. The fraction of sp³-hybridized carbons (Fsp3) is 0.500. The molecule has 1 aromatic heterocycles. The molecule has 0 saturated carbocycles. The normalized spacial score (nSPS) is 11.2. The predicted octanol–water partition coefficient (Wildman–Crippen LogP) is 1.94. The minimum Gasteiger partial charge on any atom is -0.389 e. The van der Waals surface area contributed by atoms with Crippen molar-refractivity contribution >= 4 is 23.0 Å². The Hall–Kier alpha value is -1.20. The molecule has 4 nitrogen and oxygen atoms in total. The summed E-state index contributed by atoms with van der Waals surface area (Å²) in [6.07, 6.45) is 1.69. The van der Waals surface area contributed by atoms with Gasteiger partial charge in [0.2, 0.25) is 0 Å². The number of aromatic nitrogens is 1. The zero-order chi connectivity index (χ0) is 12.9. The number of nitrogens with zero attached hydrogens (tertiary/aromatic N) is 1. The van der Waals surface area contributed by atoms with E-state index in [-0.39, 0.29) is 5.60 Å². The molecule has 0 atom stereocenters. The maximum Gasteiger partial charge on any atom is 0.126 e. The molecule has 0 aliphatic heterocycles. The summed E-state index contributed by atoms with van der Waals surface area (Å²) in [6.45, 7) is 7.40. The molecule has 3 N–H and O–H groups in total. The van der Waals surface area contributed by atoms with E-state index in [2.05, 4.69) is 10.3 Å². The Morgan fingerprint density at radius 3 is 2.88 bits per heavy atom. The third kappa shape index (κ3) is 4.66. The van der Waals surface area contributed by atoms with E-state index in [1.54, 1.807) is 12.3 Å². The molecule has 5 heteroatoms. The van der Waals surface area contributed by atoms with Crippen LogP contribution in [0.5, 0.6) is 0 Å². The fourth-order valence-electron chi connectivity index (χ4n) is 1.43. The summed E-state index contributed by atoms with van der Waals surface area (Å²) in [5.74, 6) is 0.753. The number of nitrogens with two attached hydrogens (primary N) is 1. The first-order chi connectivity index (χ1) is 7.94. The Labute approximate surface area is 108 Å². The van der Waals surface area contributed by atoms with Crippen LogP contribution in [0.1, 0.15) is 26.3 Å². The van der Waals surface area contributed by atoms with E-state index >= 15 is 0 Å². The van der Waals surface area contributed by atoms with Crippen molar-refractivity contribution in [3.8, 4) is 0 Å². The van der Waals surface area contributed by atoms with Crippen molar-refractivity contribution in [3.05, 3.63) is 23.9 Å². The number of anilines is 1. The molecule has 0 fully saturated rings. The standard InChI is InChI=1S/C12H19N3OS/c1-4-16-12(2,3)8-15-10-7-9(11(13)17)5-6-14-10/h5-7H,4,8H2,1-3H3,(H2,13,17)(H,14,15). The van der Waals surface area contributed by atoms with Crippen LogP contribution in [-0.2, 0) is 4.74 Å². The summed E-state index contributed by atoms with van der Waals surface area (Å²) >= 11 is 4.92. The number of ether oxygens (including phenoxy) is 1. The Kier molecular flexibility index (Phi) is 4.84. The molecule has 0 radical (unpaired) electrons. The second-order valence-corrected chi connectivity index (χ2v) is 4.78. The van der Waals surface area contributed by atoms with Gasteiger partial charge in [0.1, 0.15) is 10.8 Å². The van der Waals surface area contributed by atoms with Crippen molar-refractivity contribution in [2.24, 2.45) is 5.73 Å². The first kappa shape index (κ1) is 13.9. The molecule has 0 amide bonds. The first-order valence-corrected chi connectivity index (χ1v) is 5.99. The molecule has 94 valence electrons. The van der Waals surface area contributed by atoms with Crippen molar-refractivity contribution in [2.45, 2.75) is 26.4 Å². The molecule has 0 aromatic carbocycles. The zero-order valence-electron chi connectivity index (χ0n) is 10.5. The van der Waals surface area contributed by atoms with E-state index in [1.165, 1.54) is 0 Å². The van der Waals surface area contributed by atoms with Gasteiger partial charge >= 0.3 is 0 Å². The first-order valence-electron chi connectivity index (χ1n) is 5.58. The lowest BCUT2D eigenvalue weighted by Crippen LogP contribution is -2.33. The van der Waals surface area contributed by atoms with Crippen molar-refractivity contribution in [3.63, 3.8) is 0 Å². The van der Waals surface area contributed by atoms with Crippen LogP contribution in [0.3, 0.4) is 0 Å². The molecular weight excluding hydrogens is 234 g/mol. The highest BCUT2D eigenvalue weighted by Gasteiger charge is 2.17. The van der Waals surface area contributed by atoms with Crippen LogP contribution >= 0.6 is 12.2 Å². The summed E-state index contributed by atoms with van der Waals surface area (Å²) in [7, 11) is 0. The number of rotatable bonds is 6. The summed E-state index contributed by atoms with van der Waals surface area (Å²) < 4.78 is 5.59. The lowest BCUT2D eigenvalue weighted by atomic mass is 10.1. The fourth-order valence-corrected chi connectivity index (χ4v) is 1.55. The lowest BCUT2D eigenvalue weighted by Gasteiger charge is -2.25. The van der Waals surface area contributed by atoms with Gasteiger partial charge < -0.3 is 15.8 Å². The Morgan fingerprint density at radius 2 is 2.29 bits per heavy atom. The zero-order valence-corrected chi connectivity index (χ0v) is 11.3. The highest BCUT2D eigenvalue weighted by molar-refractivity contribution is 7.80. The summed E-state index contributed by atoms with van der Waals surface area (Å²) in [6, 6.07) is 3.63. The van der Waals surface area contributed by atoms with Gasteiger partial charge in [-0.05, 0) is 32.9 Å². The number of pyridine rings is 1. The van der Waals surface area contributed by atoms with Gasteiger partial charge in [0.15, 0.2) is 0 Å². The monoisotopic (exact) mass is 253 g/mol. The van der Waals surface area contributed by atoms with Gasteiger partial charge in [-0.2, -0.15) is 0 Å². The molecule has 1 rings (SSSR count). The maximum absolute atomic E-state index is 5.59. The molecule has 1 aromatic rings. The van der Waals surface area contributed by atoms with Crippen LogP contribution in [0.15, 0.2) is 18.3 Å². The average Bonchev–Trinajstić information content (AvgIpc) is 2.27. The average molecular weight is 253 g/mol. The van der Waals surface area contributed by atoms with Gasteiger partial charge in [-0.15, -0.1) is 0 Å². The molecule has 0 spiro atoms. The molecule has 0 unspecified atom stereocenters. The third-order valence-corrected chi connectivity index (χ3v) is 2.51. The predicted molar refractivity (Wildman–Crippen MR) is 74.3 cm³/mol. The van der Waals surface area contributed by atoms with Crippen LogP contribution in [-0.4, -0.2) is 28.7 Å². The van der Waals surface area contributed by atoms with Gasteiger partial charge in [-0.3, -0.25) is 0 Å². The minimum atomic E-state index is -0.227. The van der Waals surface area contributed by atoms with Crippen LogP contribution in [0, 0.1) is 0 Å². The second-order valence-electron chi connectivity index (χ2n) is 4.34. The highest BCUT2D eigenvalue weighted by atomic mass is 32.1. The summed E-state index contributed by atoms with van der Waals surface area (Å²) in [5.41, 5.74) is 6.15. The maximum atomic E-state index is 5.59. The highest BCUT2D eigenvalue weighted by Crippen LogP contribution is 2.12. The van der Waals surface area contributed by atoms with Crippen LogP contribution < -0.4 is 11.1 Å². The van der Waals surface area contributed by atoms with Crippen LogP contribution in [0.4, 0.5) is 5.82 Å². The van der Waals surface area contributed by atoms with E-state index < -0.39 is 0 Å². The third-order valence-electron chi connectivity index (χ3n) is 2.27. The number of hydrogen-bond donors (Lipinski definition) is 2. The molecule has 0 saturated heterocycles. The Morgan fingerprint density at radius 1 is 1.59 bits per heavy atom. The van der Waals surface area contributed by atoms with Gasteiger partial charge in [0.05, 0.1) is 5.60 Å². The number of nitrogens with one attached hydrogen (secondary N) is 1. The molecule has 1 heterocycles. The van der Waals surface area contributed by atoms with Crippen LogP contribution in [0.2, 0.25) is 0 Å².